The molecule has 1 aliphatic heterocycles. The van der Waals surface area contributed by atoms with Gasteiger partial charge >= 0.3 is 0 Å². The molecule has 0 amide bonds. The summed E-state index contributed by atoms with van der Waals surface area (Å²) in [5.74, 6) is 0.811. The number of aliphatic imine (C=N–C) groups is 1. The van der Waals surface area contributed by atoms with Crippen molar-refractivity contribution < 1.29 is 0 Å². The standard InChI is InChI=1S/C25H37N5O/c1-21-9-8-10-24(31)30(21)18-7-4-15-27-25(26-2)28-19-22-11-13-23(14-12-22)20-29-16-5-3-6-17-29/h8-14H,3-7,15-20H2,1-2H3,(H2,26,27,28). The normalized spacial score (nSPS) is 15.1. The molecular weight excluding hydrogens is 386 g/mol. The molecule has 1 aliphatic rings. The largest absolute Gasteiger partial charge is 0.356 e. The first-order chi connectivity index (χ1) is 15.2. The number of nitrogens with one attached hydrogen (secondary N) is 2. The van der Waals surface area contributed by atoms with Crippen molar-refractivity contribution in [2.45, 2.75) is 58.7 Å². The Morgan fingerprint density at radius 2 is 1.71 bits per heavy atom. The van der Waals surface area contributed by atoms with Gasteiger partial charge in [0.2, 0.25) is 0 Å². The third-order valence-corrected chi connectivity index (χ3v) is 5.93. The van der Waals surface area contributed by atoms with Crippen molar-refractivity contribution >= 4 is 5.96 Å². The summed E-state index contributed by atoms with van der Waals surface area (Å²) in [5, 5.41) is 6.75. The molecule has 0 spiro atoms. The highest BCUT2D eigenvalue weighted by Gasteiger charge is 2.10. The van der Waals surface area contributed by atoms with Crippen LogP contribution in [0.25, 0.3) is 0 Å². The van der Waals surface area contributed by atoms with Crippen molar-refractivity contribution in [1.29, 1.82) is 0 Å². The highest BCUT2D eigenvalue weighted by atomic mass is 16.1. The van der Waals surface area contributed by atoms with E-state index < -0.39 is 0 Å². The first kappa shape index (κ1) is 23.1. The van der Waals surface area contributed by atoms with E-state index in [2.05, 4.69) is 44.8 Å². The maximum Gasteiger partial charge on any atom is 0.250 e. The Bertz CT molecular complexity index is 882. The summed E-state index contributed by atoms with van der Waals surface area (Å²) in [6, 6.07) is 14.3. The van der Waals surface area contributed by atoms with Gasteiger partial charge in [0.15, 0.2) is 5.96 Å². The molecular formula is C25H37N5O. The molecule has 0 radical (unpaired) electrons. The van der Waals surface area contributed by atoms with Crippen LogP contribution in [-0.4, -0.2) is 42.1 Å². The van der Waals surface area contributed by atoms with E-state index in [0.29, 0.717) is 0 Å². The second kappa shape index (κ2) is 12.3. The zero-order valence-corrected chi connectivity index (χ0v) is 19.1. The summed E-state index contributed by atoms with van der Waals surface area (Å²) in [7, 11) is 1.80. The predicted molar refractivity (Wildman–Crippen MR) is 128 cm³/mol. The van der Waals surface area contributed by atoms with E-state index in [-0.39, 0.29) is 5.56 Å². The van der Waals surface area contributed by atoms with Crippen molar-refractivity contribution in [2.75, 3.05) is 26.7 Å². The van der Waals surface area contributed by atoms with Crippen LogP contribution >= 0.6 is 0 Å². The molecule has 0 unspecified atom stereocenters. The molecule has 3 rings (SSSR count). The van der Waals surface area contributed by atoms with Gasteiger partial charge in [-0.3, -0.25) is 14.7 Å². The summed E-state index contributed by atoms with van der Waals surface area (Å²) in [6.45, 7) is 7.83. The number of aryl methyl sites for hydroxylation is 1. The fourth-order valence-electron chi connectivity index (χ4n) is 4.06. The van der Waals surface area contributed by atoms with Gasteiger partial charge in [0.25, 0.3) is 5.56 Å². The van der Waals surface area contributed by atoms with Crippen molar-refractivity contribution in [1.82, 2.24) is 20.1 Å². The van der Waals surface area contributed by atoms with Crippen LogP contribution in [0.2, 0.25) is 0 Å². The van der Waals surface area contributed by atoms with E-state index in [4.69, 9.17) is 0 Å². The smallest absolute Gasteiger partial charge is 0.250 e. The Morgan fingerprint density at radius 3 is 2.42 bits per heavy atom. The van der Waals surface area contributed by atoms with Gasteiger partial charge in [0, 0.05) is 45.0 Å². The third kappa shape index (κ3) is 7.55. The van der Waals surface area contributed by atoms with Crippen LogP contribution in [0.4, 0.5) is 0 Å². The monoisotopic (exact) mass is 423 g/mol. The molecule has 2 aromatic rings. The molecule has 2 N–H and O–H groups in total. The molecule has 0 aliphatic carbocycles. The minimum atomic E-state index is 0.0763. The topological polar surface area (TPSA) is 61.7 Å². The van der Waals surface area contributed by atoms with Gasteiger partial charge in [-0.05, 0) is 62.9 Å². The fraction of sp³-hybridized carbons (Fsp3) is 0.520. The molecule has 168 valence electrons. The fourth-order valence-corrected chi connectivity index (χ4v) is 4.06. The van der Waals surface area contributed by atoms with Crippen molar-refractivity contribution in [3.8, 4) is 0 Å². The number of guanidine groups is 1. The number of nitrogens with zero attached hydrogens (tertiary/aromatic N) is 3. The third-order valence-electron chi connectivity index (χ3n) is 5.93. The average molecular weight is 424 g/mol. The van der Waals surface area contributed by atoms with E-state index in [1.54, 1.807) is 13.1 Å². The number of rotatable bonds is 9. The second-order valence-corrected chi connectivity index (χ2v) is 8.37. The number of hydrogen-bond acceptors (Lipinski definition) is 3. The number of unbranched alkanes of at least 4 members (excludes halogenated alkanes) is 1. The van der Waals surface area contributed by atoms with Gasteiger partial charge in [0.1, 0.15) is 0 Å². The number of piperidine rings is 1. The number of pyridine rings is 1. The number of likely N-dealkylation sites (tertiary alicyclic amines) is 1. The lowest BCUT2D eigenvalue weighted by atomic mass is 10.1. The lowest BCUT2D eigenvalue weighted by Gasteiger charge is -2.26. The van der Waals surface area contributed by atoms with Crippen LogP contribution in [0, 0.1) is 6.92 Å². The van der Waals surface area contributed by atoms with Gasteiger partial charge in [-0.15, -0.1) is 0 Å². The van der Waals surface area contributed by atoms with E-state index in [9.17, 15) is 4.79 Å². The summed E-state index contributed by atoms with van der Waals surface area (Å²) in [4.78, 5) is 18.8. The van der Waals surface area contributed by atoms with Crippen LogP contribution in [0.15, 0.2) is 52.3 Å². The van der Waals surface area contributed by atoms with Crippen LogP contribution < -0.4 is 16.2 Å². The Morgan fingerprint density at radius 1 is 0.968 bits per heavy atom. The second-order valence-electron chi connectivity index (χ2n) is 8.37. The van der Waals surface area contributed by atoms with Crippen molar-refractivity contribution in [2.24, 2.45) is 4.99 Å². The van der Waals surface area contributed by atoms with Gasteiger partial charge in [-0.1, -0.05) is 36.8 Å². The van der Waals surface area contributed by atoms with Crippen LogP contribution in [0.5, 0.6) is 0 Å². The minimum Gasteiger partial charge on any atom is -0.356 e. The Hall–Kier alpha value is -2.60. The molecule has 0 saturated carbocycles. The molecule has 0 bridgehead atoms. The van der Waals surface area contributed by atoms with Crippen LogP contribution in [-0.2, 0) is 19.6 Å². The molecule has 1 aromatic heterocycles. The molecule has 1 aromatic carbocycles. The lowest BCUT2D eigenvalue weighted by molar-refractivity contribution is 0.221. The minimum absolute atomic E-state index is 0.0763. The van der Waals surface area contributed by atoms with Crippen molar-refractivity contribution in [3.05, 3.63) is 69.6 Å². The summed E-state index contributed by atoms with van der Waals surface area (Å²) >= 11 is 0. The zero-order valence-electron chi connectivity index (χ0n) is 19.1. The average Bonchev–Trinajstić information content (AvgIpc) is 2.79. The molecule has 1 saturated heterocycles. The van der Waals surface area contributed by atoms with Gasteiger partial charge < -0.3 is 15.2 Å². The Kier molecular flexibility index (Phi) is 9.16. The first-order valence-electron chi connectivity index (χ1n) is 11.6. The van der Waals surface area contributed by atoms with E-state index in [1.165, 1.54) is 43.5 Å². The van der Waals surface area contributed by atoms with Gasteiger partial charge in [-0.25, -0.2) is 0 Å². The zero-order chi connectivity index (χ0) is 21.9. The quantitative estimate of drug-likeness (QED) is 0.369. The summed E-state index contributed by atoms with van der Waals surface area (Å²) in [5.41, 5.74) is 3.73. The molecule has 1 fully saturated rings. The SMILES string of the molecule is CN=C(NCCCCn1c(C)cccc1=O)NCc1ccc(CN2CCCCC2)cc1. The number of benzene rings is 1. The summed E-state index contributed by atoms with van der Waals surface area (Å²) in [6.07, 6.45) is 5.97. The Labute approximate surface area is 186 Å². The maximum atomic E-state index is 11.9. The summed E-state index contributed by atoms with van der Waals surface area (Å²) < 4.78 is 1.84. The van der Waals surface area contributed by atoms with E-state index >= 15 is 0 Å². The van der Waals surface area contributed by atoms with E-state index in [0.717, 1.165) is 50.7 Å². The van der Waals surface area contributed by atoms with Gasteiger partial charge in [-0.2, -0.15) is 0 Å². The van der Waals surface area contributed by atoms with Crippen molar-refractivity contribution in [3.63, 3.8) is 0 Å². The van der Waals surface area contributed by atoms with E-state index in [1.807, 2.05) is 23.6 Å². The molecule has 6 nitrogen and oxygen atoms in total. The highest BCUT2D eigenvalue weighted by Crippen LogP contribution is 2.13. The van der Waals surface area contributed by atoms with Crippen LogP contribution in [0.3, 0.4) is 0 Å². The van der Waals surface area contributed by atoms with Gasteiger partial charge in [0.05, 0.1) is 0 Å². The van der Waals surface area contributed by atoms with Crippen LogP contribution in [0.1, 0.15) is 48.9 Å². The molecule has 0 atom stereocenters. The molecule has 2 heterocycles. The highest BCUT2D eigenvalue weighted by molar-refractivity contribution is 5.79. The first-order valence-corrected chi connectivity index (χ1v) is 11.6. The molecule has 31 heavy (non-hydrogen) atoms. The predicted octanol–water partition coefficient (Wildman–Crippen LogP) is 3.29. The molecule has 6 heteroatoms. The number of aromatic nitrogens is 1. The lowest BCUT2D eigenvalue weighted by Crippen LogP contribution is -2.37. The maximum absolute atomic E-state index is 11.9. The number of hydrogen-bond donors (Lipinski definition) is 2. The Balaban J connectivity index is 1.35.